The molecule has 1 aliphatic carbocycles. The summed E-state index contributed by atoms with van der Waals surface area (Å²) in [6.45, 7) is 0.678. The highest BCUT2D eigenvalue weighted by atomic mass is 19.1. The van der Waals surface area contributed by atoms with Gasteiger partial charge in [0.05, 0.1) is 11.8 Å². The van der Waals surface area contributed by atoms with E-state index in [-0.39, 0.29) is 23.8 Å². The molecule has 0 aliphatic heterocycles. The number of hydrogen-bond donors (Lipinski definition) is 3. The third kappa shape index (κ3) is 3.96. The highest BCUT2D eigenvalue weighted by Crippen LogP contribution is 2.36. The molecule has 23 heavy (non-hydrogen) atoms. The maximum Gasteiger partial charge on any atom is 0.222 e. The summed E-state index contributed by atoms with van der Waals surface area (Å²) in [5.41, 5.74) is 7.35. The summed E-state index contributed by atoms with van der Waals surface area (Å²) in [4.78, 5) is 8.42. The molecule has 0 bridgehead atoms. The lowest BCUT2D eigenvalue weighted by Gasteiger charge is -2.30. The molecule has 122 valence electrons. The number of benzene rings is 1. The zero-order valence-corrected chi connectivity index (χ0v) is 12.9. The van der Waals surface area contributed by atoms with Crippen LogP contribution in [-0.4, -0.2) is 27.7 Å². The average molecular weight is 316 g/mol. The molecule has 1 aromatic heterocycles. The van der Waals surface area contributed by atoms with Gasteiger partial charge in [-0.2, -0.15) is 4.98 Å². The average Bonchev–Trinajstić information content (AvgIpc) is 2.49. The first kappa shape index (κ1) is 15.7. The zero-order valence-electron chi connectivity index (χ0n) is 12.9. The number of rotatable bonds is 6. The largest absolute Gasteiger partial charge is 0.393 e. The van der Waals surface area contributed by atoms with Crippen molar-refractivity contribution < 1.29 is 9.50 Å². The van der Waals surface area contributed by atoms with E-state index in [4.69, 9.17) is 5.73 Å². The van der Waals surface area contributed by atoms with Gasteiger partial charge in [-0.05, 0) is 37.3 Å². The van der Waals surface area contributed by atoms with Crippen molar-refractivity contribution in [2.75, 3.05) is 17.6 Å². The predicted molar refractivity (Wildman–Crippen MR) is 87.6 cm³/mol. The molecular formula is C17H21FN4O. The minimum Gasteiger partial charge on any atom is -0.393 e. The molecule has 0 radical (unpaired) electrons. The number of aliphatic hydroxyl groups excluding tert-OH is 1. The molecule has 1 aromatic carbocycles. The highest BCUT2D eigenvalue weighted by molar-refractivity contribution is 5.42. The van der Waals surface area contributed by atoms with Crippen LogP contribution in [0, 0.1) is 5.82 Å². The van der Waals surface area contributed by atoms with Gasteiger partial charge in [-0.3, -0.25) is 0 Å². The minimum absolute atomic E-state index is 0.162. The van der Waals surface area contributed by atoms with Crippen LogP contribution < -0.4 is 11.1 Å². The Bertz CT molecular complexity index is 673. The van der Waals surface area contributed by atoms with Crippen molar-refractivity contribution in [3.8, 4) is 0 Å². The lowest BCUT2D eigenvalue weighted by atomic mass is 9.80. The second-order valence-electron chi connectivity index (χ2n) is 5.98. The fraction of sp³-hybridized carbons (Fsp3) is 0.412. The van der Waals surface area contributed by atoms with Gasteiger partial charge in [0.25, 0.3) is 0 Å². The quantitative estimate of drug-likeness (QED) is 0.713. The van der Waals surface area contributed by atoms with Crippen LogP contribution in [0.5, 0.6) is 0 Å². The Morgan fingerprint density at radius 1 is 1.26 bits per heavy atom. The maximum atomic E-state index is 13.5. The summed E-state index contributed by atoms with van der Waals surface area (Å²) in [5.74, 6) is 1.02. The van der Waals surface area contributed by atoms with E-state index in [2.05, 4.69) is 15.3 Å². The van der Waals surface area contributed by atoms with E-state index >= 15 is 0 Å². The van der Waals surface area contributed by atoms with Gasteiger partial charge >= 0.3 is 0 Å². The minimum atomic E-state index is -0.228. The second-order valence-corrected chi connectivity index (χ2v) is 5.98. The monoisotopic (exact) mass is 316 g/mol. The Morgan fingerprint density at radius 3 is 2.78 bits per heavy atom. The Morgan fingerprint density at radius 2 is 2.04 bits per heavy atom. The third-order valence-electron chi connectivity index (χ3n) is 4.18. The Kier molecular flexibility index (Phi) is 4.71. The first-order chi connectivity index (χ1) is 11.1. The lowest BCUT2D eigenvalue weighted by molar-refractivity contribution is 0.0732. The normalized spacial score (nSPS) is 20.1. The number of nitrogens with one attached hydrogen (secondary N) is 1. The van der Waals surface area contributed by atoms with E-state index in [1.54, 1.807) is 12.1 Å². The van der Waals surface area contributed by atoms with Crippen molar-refractivity contribution >= 4 is 11.8 Å². The zero-order chi connectivity index (χ0) is 16.2. The fourth-order valence-corrected chi connectivity index (χ4v) is 2.81. The van der Waals surface area contributed by atoms with E-state index in [0.29, 0.717) is 18.8 Å². The van der Waals surface area contributed by atoms with Gasteiger partial charge in [-0.1, -0.05) is 18.2 Å². The van der Waals surface area contributed by atoms with Gasteiger partial charge in [0.1, 0.15) is 11.6 Å². The van der Waals surface area contributed by atoms with Crippen LogP contribution in [0.3, 0.4) is 0 Å². The molecule has 3 rings (SSSR count). The molecule has 1 heterocycles. The molecule has 5 nitrogen and oxygen atoms in total. The number of anilines is 2. The van der Waals surface area contributed by atoms with Crippen LogP contribution in [0.1, 0.15) is 36.4 Å². The molecule has 1 saturated carbocycles. The van der Waals surface area contributed by atoms with Crippen molar-refractivity contribution in [2.24, 2.45) is 0 Å². The van der Waals surface area contributed by atoms with Crippen molar-refractivity contribution in [1.29, 1.82) is 0 Å². The van der Waals surface area contributed by atoms with Gasteiger partial charge in [-0.15, -0.1) is 0 Å². The number of nitrogen functional groups attached to an aromatic ring is 1. The van der Waals surface area contributed by atoms with E-state index in [9.17, 15) is 9.50 Å². The van der Waals surface area contributed by atoms with Crippen LogP contribution in [0.2, 0.25) is 0 Å². The third-order valence-corrected chi connectivity index (χ3v) is 4.18. The Balaban J connectivity index is 1.53. The van der Waals surface area contributed by atoms with Gasteiger partial charge in [0, 0.05) is 18.5 Å². The van der Waals surface area contributed by atoms with Gasteiger partial charge < -0.3 is 16.2 Å². The molecule has 0 amide bonds. The second kappa shape index (κ2) is 6.91. The van der Waals surface area contributed by atoms with E-state index in [1.165, 1.54) is 6.07 Å². The Labute approximate surface area is 134 Å². The van der Waals surface area contributed by atoms with Crippen LogP contribution in [-0.2, 0) is 6.42 Å². The number of hydrogen-bond acceptors (Lipinski definition) is 5. The van der Waals surface area contributed by atoms with Crippen molar-refractivity contribution in [3.63, 3.8) is 0 Å². The van der Waals surface area contributed by atoms with Crippen LogP contribution in [0.4, 0.5) is 16.2 Å². The van der Waals surface area contributed by atoms with E-state index in [1.807, 2.05) is 12.1 Å². The first-order valence-corrected chi connectivity index (χ1v) is 7.91. The molecule has 1 aliphatic rings. The number of nitrogens with zero attached hydrogens (tertiary/aromatic N) is 2. The van der Waals surface area contributed by atoms with Gasteiger partial charge in [-0.25, -0.2) is 9.37 Å². The molecule has 0 atom stereocenters. The summed E-state index contributed by atoms with van der Waals surface area (Å²) in [7, 11) is 0. The van der Waals surface area contributed by atoms with Crippen LogP contribution >= 0.6 is 0 Å². The molecule has 0 saturated heterocycles. The van der Waals surface area contributed by atoms with E-state index in [0.717, 1.165) is 30.5 Å². The number of nitrogens with two attached hydrogens (primary N) is 1. The SMILES string of the molecule is Nc1nc(NCCCc2ccccc2F)cc(C2CC(O)C2)n1. The lowest BCUT2D eigenvalue weighted by Crippen LogP contribution is -2.27. The van der Waals surface area contributed by atoms with Crippen LogP contribution in [0.15, 0.2) is 30.3 Å². The molecule has 4 N–H and O–H groups in total. The highest BCUT2D eigenvalue weighted by Gasteiger charge is 2.30. The molecule has 1 fully saturated rings. The number of halogens is 1. The maximum absolute atomic E-state index is 13.5. The van der Waals surface area contributed by atoms with Gasteiger partial charge in [0.2, 0.25) is 5.95 Å². The molecule has 6 heteroatoms. The summed E-state index contributed by atoms with van der Waals surface area (Å²) < 4.78 is 13.5. The summed E-state index contributed by atoms with van der Waals surface area (Å²) in [5, 5.41) is 12.6. The van der Waals surface area contributed by atoms with Crippen molar-refractivity contribution in [1.82, 2.24) is 9.97 Å². The van der Waals surface area contributed by atoms with Crippen LogP contribution in [0.25, 0.3) is 0 Å². The molecule has 0 unspecified atom stereocenters. The Hall–Kier alpha value is -2.21. The smallest absolute Gasteiger partial charge is 0.222 e. The summed E-state index contributed by atoms with van der Waals surface area (Å²) in [6.07, 6.45) is 2.68. The van der Waals surface area contributed by atoms with Gasteiger partial charge in [0.15, 0.2) is 0 Å². The predicted octanol–water partition coefficient (Wildman–Crippen LogP) is 2.48. The molecule has 0 spiro atoms. The number of aliphatic hydroxyl groups is 1. The van der Waals surface area contributed by atoms with Crippen molar-refractivity contribution in [2.45, 2.75) is 37.7 Å². The van der Waals surface area contributed by atoms with E-state index < -0.39 is 0 Å². The standard InChI is InChI=1S/C17H21FN4O/c18-14-6-2-1-4-11(14)5-3-7-20-16-10-15(21-17(19)22-16)12-8-13(23)9-12/h1-2,4,6,10,12-13,23H,3,5,7-9H2,(H3,19,20,21,22). The summed E-state index contributed by atoms with van der Waals surface area (Å²) in [6, 6.07) is 8.71. The number of aryl methyl sites for hydroxylation is 1. The molecule has 2 aromatic rings. The first-order valence-electron chi connectivity index (χ1n) is 7.91. The topological polar surface area (TPSA) is 84.1 Å². The summed E-state index contributed by atoms with van der Waals surface area (Å²) >= 11 is 0. The van der Waals surface area contributed by atoms with Crippen molar-refractivity contribution in [3.05, 3.63) is 47.4 Å². The fourth-order valence-electron chi connectivity index (χ4n) is 2.81. The number of aromatic nitrogens is 2. The molecular weight excluding hydrogens is 295 g/mol.